The molecule has 0 bridgehead atoms. The highest BCUT2D eigenvalue weighted by Gasteiger charge is 2.39. The molecule has 7 heteroatoms. The second-order valence-corrected chi connectivity index (χ2v) is 10.7. The van der Waals surface area contributed by atoms with Gasteiger partial charge in [0.25, 0.3) is 0 Å². The first kappa shape index (κ1) is 20.2. The number of amides is 2. The van der Waals surface area contributed by atoms with Gasteiger partial charge in [-0.1, -0.05) is 0 Å². The summed E-state index contributed by atoms with van der Waals surface area (Å²) in [5, 5.41) is 6.05. The van der Waals surface area contributed by atoms with Crippen LogP contribution in [0.15, 0.2) is 0 Å². The number of carbonyl (C=O) groups excluding carboxylic acids is 1. The average molecular weight is 348 g/mol. The molecule has 136 valence electrons. The maximum atomic E-state index is 12.5. The van der Waals surface area contributed by atoms with Gasteiger partial charge < -0.3 is 15.5 Å². The van der Waals surface area contributed by atoms with E-state index in [-0.39, 0.29) is 29.2 Å². The van der Waals surface area contributed by atoms with Crippen LogP contribution in [-0.2, 0) is 9.84 Å². The lowest BCUT2D eigenvalue weighted by Gasteiger charge is -2.47. The minimum atomic E-state index is -3.18. The van der Waals surface area contributed by atoms with Gasteiger partial charge in [-0.15, -0.1) is 0 Å². The molecular formula is C16H33N3O3S. The molecule has 0 aromatic rings. The van der Waals surface area contributed by atoms with Crippen molar-refractivity contribution in [3.63, 3.8) is 0 Å². The zero-order chi connectivity index (χ0) is 18.2. The Morgan fingerprint density at radius 2 is 1.61 bits per heavy atom. The van der Waals surface area contributed by atoms with Crippen LogP contribution in [0.3, 0.4) is 0 Å². The third-order valence-corrected chi connectivity index (χ3v) is 6.55. The van der Waals surface area contributed by atoms with Gasteiger partial charge in [0.15, 0.2) is 9.84 Å². The molecule has 6 nitrogen and oxygen atoms in total. The van der Waals surface area contributed by atoms with Crippen molar-refractivity contribution in [2.75, 3.05) is 13.3 Å². The third kappa shape index (κ3) is 5.64. The Hall–Kier alpha value is -0.820. The molecule has 0 spiro atoms. The van der Waals surface area contributed by atoms with E-state index in [4.69, 9.17) is 0 Å². The van der Waals surface area contributed by atoms with Crippen molar-refractivity contribution < 1.29 is 13.2 Å². The molecular weight excluding hydrogens is 314 g/mol. The number of rotatable bonds is 4. The van der Waals surface area contributed by atoms with Crippen LogP contribution >= 0.6 is 0 Å². The summed E-state index contributed by atoms with van der Waals surface area (Å²) in [4.78, 5) is 14.0. The van der Waals surface area contributed by atoms with Crippen LogP contribution in [0.5, 0.6) is 0 Å². The zero-order valence-electron chi connectivity index (χ0n) is 15.7. The van der Waals surface area contributed by atoms with Gasteiger partial charge in [-0.05, 0) is 54.4 Å². The Labute approximate surface area is 141 Å². The van der Waals surface area contributed by atoms with Crippen molar-refractivity contribution >= 4 is 15.9 Å². The Balaban J connectivity index is 2.75. The number of nitrogens with zero attached hydrogens (tertiary/aromatic N) is 1. The number of carbonyl (C=O) groups is 1. The first-order valence-corrected chi connectivity index (χ1v) is 10.1. The number of hydrogen-bond acceptors (Lipinski definition) is 4. The summed E-state index contributed by atoms with van der Waals surface area (Å²) in [6, 6.07) is -0.531. The number of nitrogens with one attached hydrogen (secondary N) is 2. The molecule has 1 aliphatic heterocycles. The van der Waals surface area contributed by atoms with E-state index in [1.54, 1.807) is 20.9 Å². The van der Waals surface area contributed by atoms with E-state index in [0.717, 1.165) is 12.8 Å². The van der Waals surface area contributed by atoms with Gasteiger partial charge in [0, 0.05) is 36.5 Å². The molecule has 1 saturated heterocycles. The maximum absolute atomic E-state index is 12.5. The lowest BCUT2D eigenvalue weighted by Crippen LogP contribution is -2.63. The summed E-state index contributed by atoms with van der Waals surface area (Å²) in [5.41, 5.74) is -0.103. The Morgan fingerprint density at radius 1 is 1.17 bits per heavy atom. The molecule has 0 saturated carbocycles. The van der Waals surface area contributed by atoms with Gasteiger partial charge in [-0.25, -0.2) is 13.2 Å². The largest absolute Gasteiger partial charge is 0.335 e. The van der Waals surface area contributed by atoms with Crippen molar-refractivity contribution in [2.45, 2.75) is 82.8 Å². The Morgan fingerprint density at radius 3 is 2.00 bits per heavy atom. The zero-order valence-corrected chi connectivity index (χ0v) is 16.5. The fourth-order valence-corrected chi connectivity index (χ4v) is 4.46. The fraction of sp³-hybridized carbons (Fsp3) is 0.938. The smallest absolute Gasteiger partial charge is 0.317 e. The number of urea groups is 1. The van der Waals surface area contributed by atoms with E-state index in [9.17, 15) is 13.2 Å². The predicted molar refractivity (Wildman–Crippen MR) is 94.4 cm³/mol. The topological polar surface area (TPSA) is 78.5 Å². The molecule has 23 heavy (non-hydrogen) atoms. The molecule has 2 amide bonds. The Kier molecular flexibility index (Phi) is 5.79. The van der Waals surface area contributed by atoms with Gasteiger partial charge in [-0.3, -0.25) is 0 Å². The van der Waals surface area contributed by atoms with Gasteiger partial charge in [0.2, 0.25) is 0 Å². The van der Waals surface area contributed by atoms with Gasteiger partial charge in [-0.2, -0.15) is 0 Å². The highest BCUT2D eigenvalue weighted by Crippen LogP contribution is 2.28. The summed E-state index contributed by atoms with van der Waals surface area (Å²) >= 11 is 0. The lowest BCUT2D eigenvalue weighted by atomic mass is 9.79. The van der Waals surface area contributed by atoms with E-state index in [2.05, 4.69) is 38.3 Å². The van der Waals surface area contributed by atoms with E-state index < -0.39 is 15.1 Å². The van der Waals surface area contributed by atoms with Crippen LogP contribution in [0.25, 0.3) is 0 Å². The standard InChI is InChI=1S/C16H33N3O3S/c1-11(12(2)23(8,21)22)19(7)14(20)17-13-9-15(3,4)18-16(5,6)10-13/h11-13,18H,9-10H2,1-8H3,(H,17,20). The van der Waals surface area contributed by atoms with Crippen molar-refractivity contribution in [2.24, 2.45) is 0 Å². The van der Waals surface area contributed by atoms with Gasteiger partial charge >= 0.3 is 6.03 Å². The lowest BCUT2D eigenvalue weighted by molar-refractivity contribution is 0.137. The van der Waals surface area contributed by atoms with E-state index in [1.165, 1.54) is 11.2 Å². The van der Waals surface area contributed by atoms with E-state index in [1.807, 2.05) is 0 Å². The monoisotopic (exact) mass is 347 g/mol. The normalized spacial score (nSPS) is 23.8. The molecule has 0 radical (unpaired) electrons. The molecule has 0 aromatic carbocycles. The van der Waals surface area contributed by atoms with Crippen molar-refractivity contribution in [3.8, 4) is 0 Å². The summed E-state index contributed by atoms with van der Waals surface area (Å²) in [5.74, 6) is 0. The van der Waals surface area contributed by atoms with Crippen molar-refractivity contribution in [1.82, 2.24) is 15.5 Å². The van der Waals surface area contributed by atoms with Gasteiger partial charge in [0.1, 0.15) is 0 Å². The van der Waals surface area contributed by atoms with Crippen LogP contribution < -0.4 is 10.6 Å². The van der Waals surface area contributed by atoms with E-state index in [0.29, 0.717) is 0 Å². The van der Waals surface area contributed by atoms with Crippen LogP contribution in [0.2, 0.25) is 0 Å². The quantitative estimate of drug-likeness (QED) is 0.812. The molecule has 1 aliphatic rings. The highest BCUT2D eigenvalue weighted by molar-refractivity contribution is 7.91. The summed E-state index contributed by atoms with van der Waals surface area (Å²) in [6.07, 6.45) is 2.88. The third-order valence-electron chi connectivity index (χ3n) is 4.80. The predicted octanol–water partition coefficient (Wildman–Crippen LogP) is 1.76. The summed E-state index contributed by atoms with van der Waals surface area (Å²) in [7, 11) is -1.53. The number of hydrogen-bond donors (Lipinski definition) is 2. The molecule has 1 heterocycles. The molecule has 2 N–H and O–H groups in total. The highest BCUT2D eigenvalue weighted by atomic mass is 32.2. The summed E-state index contributed by atoms with van der Waals surface area (Å²) in [6.45, 7) is 11.9. The number of piperidine rings is 1. The van der Waals surface area contributed by atoms with Crippen LogP contribution in [0.1, 0.15) is 54.4 Å². The van der Waals surface area contributed by atoms with Crippen molar-refractivity contribution in [1.29, 1.82) is 0 Å². The average Bonchev–Trinajstić information content (AvgIpc) is 2.30. The molecule has 0 aliphatic carbocycles. The van der Waals surface area contributed by atoms with Crippen LogP contribution in [0.4, 0.5) is 4.79 Å². The van der Waals surface area contributed by atoms with Gasteiger partial charge in [0.05, 0.1) is 5.25 Å². The SMILES string of the molecule is CC(C(C)S(C)(=O)=O)N(C)C(=O)NC1CC(C)(C)NC(C)(C)C1. The molecule has 1 rings (SSSR count). The van der Waals surface area contributed by atoms with Crippen LogP contribution in [-0.4, -0.2) is 61.1 Å². The molecule has 2 atom stereocenters. The van der Waals surface area contributed by atoms with E-state index >= 15 is 0 Å². The first-order valence-electron chi connectivity index (χ1n) is 8.16. The summed E-state index contributed by atoms with van der Waals surface area (Å²) < 4.78 is 23.4. The van der Waals surface area contributed by atoms with Crippen molar-refractivity contribution in [3.05, 3.63) is 0 Å². The minimum absolute atomic E-state index is 0.0517. The first-order chi connectivity index (χ1) is 10.1. The Bertz CT molecular complexity index is 527. The van der Waals surface area contributed by atoms with Crippen LogP contribution in [0, 0.1) is 0 Å². The molecule has 0 aromatic heterocycles. The number of sulfone groups is 1. The second kappa shape index (κ2) is 6.59. The minimum Gasteiger partial charge on any atom is -0.335 e. The maximum Gasteiger partial charge on any atom is 0.317 e. The molecule has 2 unspecified atom stereocenters. The fourth-order valence-electron chi connectivity index (χ4n) is 3.56. The molecule has 1 fully saturated rings. The second-order valence-electron chi connectivity index (χ2n) is 8.33.